The normalized spacial score (nSPS) is 13.5. The number of aromatic amines is 1. The van der Waals surface area contributed by atoms with Crippen molar-refractivity contribution in [2.45, 2.75) is 11.8 Å². The summed E-state index contributed by atoms with van der Waals surface area (Å²) in [5.74, 6) is -1.52. The molecule has 0 saturated heterocycles. The molecule has 0 spiro atoms. The van der Waals surface area contributed by atoms with Crippen LogP contribution in [-0.2, 0) is 4.74 Å². The number of thioether (sulfide) groups is 1. The summed E-state index contributed by atoms with van der Waals surface area (Å²) in [5, 5.41) is 6.22. The minimum Gasteiger partial charge on any atom is -0.461 e. The molecule has 1 aromatic carbocycles. The first-order valence-corrected chi connectivity index (χ1v) is 7.72. The maximum Gasteiger partial charge on any atom is 0.357 e. The molecule has 0 fully saturated rings. The zero-order chi connectivity index (χ0) is 16.4. The predicted octanol–water partition coefficient (Wildman–Crippen LogP) is 2.64. The molecule has 1 heterocycles. The molecule has 1 N–H and O–H groups in total. The summed E-state index contributed by atoms with van der Waals surface area (Å²) in [4.78, 5) is 37.8. The quantitative estimate of drug-likeness (QED) is 0.868. The lowest BCUT2D eigenvalue weighted by molar-refractivity contribution is 0.0516. The molecular weight excluding hydrogens is 316 g/mol. The standard InChI is InChI=1S/C16H12N2O4S/c1-2-22-16(21)14-12-13(17-18-14)10(19)8-11(15(12)20)23-9-6-4-3-5-7-9/h3-8H,2H2,1H3,(H,17,18). The lowest BCUT2D eigenvalue weighted by atomic mass is 9.99. The molecule has 1 aliphatic carbocycles. The maximum absolute atomic E-state index is 12.6. The van der Waals surface area contributed by atoms with Crippen LogP contribution in [0.25, 0.3) is 0 Å². The number of hydrogen-bond donors (Lipinski definition) is 1. The number of carbonyl (C=O) groups is 3. The van der Waals surface area contributed by atoms with Crippen molar-refractivity contribution in [3.05, 3.63) is 58.3 Å². The number of ether oxygens (including phenoxy) is 1. The van der Waals surface area contributed by atoms with E-state index in [2.05, 4.69) is 10.2 Å². The average Bonchev–Trinajstić information content (AvgIpc) is 2.99. The topological polar surface area (TPSA) is 89.1 Å². The molecule has 0 bridgehead atoms. The Labute approximate surface area is 135 Å². The van der Waals surface area contributed by atoms with Crippen LogP contribution in [0.2, 0.25) is 0 Å². The van der Waals surface area contributed by atoms with Gasteiger partial charge in [-0.05, 0) is 19.1 Å². The minimum absolute atomic E-state index is 0.0191. The molecule has 23 heavy (non-hydrogen) atoms. The van der Waals surface area contributed by atoms with Gasteiger partial charge in [0.25, 0.3) is 0 Å². The van der Waals surface area contributed by atoms with Crippen LogP contribution in [0.1, 0.15) is 38.3 Å². The summed E-state index contributed by atoms with van der Waals surface area (Å²) in [6.07, 6.45) is 1.25. The van der Waals surface area contributed by atoms with Crippen LogP contribution >= 0.6 is 11.8 Å². The van der Waals surface area contributed by atoms with E-state index < -0.39 is 17.5 Å². The van der Waals surface area contributed by atoms with E-state index in [1.54, 1.807) is 6.92 Å². The van der Waals surface area contributed by atoms with Crippen molar-refractivity contribution in [3.63, 3.8) is 0 Å². The van der Waals surface area contributed by atoms with E-state index in [9.17, 15) is 14.4 Å². The van der Waals surface area contributed by atoms with Crippen molar-refractivity contribution in [2.75, 3.05) is 6.61 Å². The molecule has 116 valence electrons. The largest absolute Gasteiger partial charge is 0.461 e. The Morgan fingerprint density at radius 2 is 2.00 bits per heavy atom. The first-order chi connectivity index (χ1) is 11.1. The smallest absolute Gasteiger partial charge is 0.357 e. The van der Waals surface area contributed by atoms with Crippen molar-refractivity contribution in [1.82, 2.24) is 10.2 Å². The molecule has 0 atom stereocenters. The third-order valence-corrected chi connectivity index (χ3v) is 4.19. The van der Waals surface area contributed by atoms with Crippen LogP contribution in [0.3, 0.4) is 0 Å². The summed E-state index contributed by atoms with van der Waals surface area (Å²) < 4.78 is 4.89. The number of fused-ring (bicyclic) bond motifs is 1. The molecule has 6 nitrogen and oxygen atoms in total. The minimum atomic E-state index is -0.701. The number of ketones is 2. The van der Waals surface area contributed by atoms with Crippen molar-refractivity contribution < 1.29 is 19.1 Å². The van der Waals surface area contributed by atoms with Crippen LogP contribution in [0.15, 0.2) is 46.2 Å². The number of carbonyl (C=O) groups excluding carboxylic acids is 3. The van der Waals surface area contributed by atoms with Gasteiger partial charge in [-0.3, -0.25) is 14.7 Å². The molecular formula is C16H12N2O4S. The fourth-order valence-corrected chi connectivity index (χ4v) is 3.07. The highest BCUT2D eigenvalue weighted by Crippen LogP contribution is 2.33. The van der Waals surface area contributed by atoms with Gasteiger partial charge in [-0.15, -0.1) is 0 Å². The van der Waals surface area contributed by atoms with E-state index >= 15 is 0 Å². The van der Waals surface area contributed by atoms with Gasteiger partial charge in [0, 0.05) is 11.0 Å². The number of aromatic nitrogens is 2. The number of rotatable bonds is 4. The van der Waals surface area contributed by atoms with Crippen molar-refractivity contribution >= 4 is 29.3 Å². The second-order valence-corrected chi connectivity index (χ2v) is 5.78. The van der Waals surface area contributed by atoms with E-state index in [0.29, 0.717) is 0 Å². The third kappa shape index (κ3) is 2.83. The van der Waals surface area contributed by atoms with Crippen molar-refractivity contribution in [1.29, 1.82) is 0 Å². The van der Waals surface area contributed by atoms with Gasteiger partial charge in [-0.2, -0.15) is 5.10 Å². The molecule has 0 unspecified atom stereocenters. The van der Waals surface area contributed by atoms with Gasteiger partial charge >= 0.3 is 5.97 Å². The summed E-state index contributed by atoms with van der Waals surface area (Å²) in [6.45, 7) is 1.82. The molecule has 3 rings (SSSR count). The number of allylic oxidation sites excluding steroid dienone is 2. The van der Waals surface area contributed by atoms with Gasteiger partial charge in [-0.25, -0.2) is 4.79 Å². The van der Waals surface area contributed by atoms with Gasteiger partial charge < -0.3 is 4.74 Å². The van der Waals surface area contributed by atoms with Crippen LogP contribution in [0, 0.1) is 0 Å². The fraction of sp³-hybridized carbons (Fsp3) is 0.125. The van der Waals surface area contributed by atoms with Gasteiger partial charge in [0.1, 0.15) is 5.69 Å². The van der Waals surface area contributed by atoms with E-state index in [-0.39, 0.29) is 28.5 Å². The molecule has 0 amide bonds. The molecule has 1 aliphatic rings. The van der Waals surface area contributed by atoms with Crippen LogP contribution in [0.5, 0.6) is 0 Å². The van der Waals surface area contributed by atoms with Crippen LogP contribution in [0.4, 0.5) is 0 Å². The zero-order valence-corrected chi connectivity index (χ0v) is 13.0. The molecule has 0 saturated carbocycles. The molecule has 0 aliphatic heterocycles. The lowest BCUT2D eigenvalue weighted by Gasteiger charge is -2.11. The molecule has 0 radical (unpaired) electrons. The fourth-order valence-electron chi connectivity index (χ4n) is 2.16. The Morgan fingerprint density at radius 3 is 2.70 bits per heavy atom. The number of esters is 1. The summed E-state index contributed by atoms with van der Waals surface area (Å²) in [5.41, 5.74) is -0.149. The number of nitrogens with zero attached hydrogens (tertiary/aromatic N) is 1. The first-order valence-electron chi connectivity index (χ1n) is 6.91. The van der Waals surface area contributed by atoms with E-state index in [0.717, 1.165) is 4.90 Å². The Bertz CT molecular complexity index is 824. The van der Waals surface area contributed by atoms with Crippen LogP contribution < -0.4 is 0 Å². The second-order valence-electron chi connectivity index (χ2n) is 4.66. The molecule has 1 aromatic heterocycles. The highest BCUT2D eigenvalue weighted by Gasteiger charge is 2.34. The van der Waals surface area contributed by atoms with Gasteiger partial charge in [-0.1, -0.05) is 30.0 Å². The molecule has 7 heteroatoms. The lowest BCUT2D eigenvalue weighted by Crippen LogP contribution is -2.18. The number of hydrogen-bond acceptors (Lipinski definition) is 6. The Morgan fingerprint density at radius 1 is 1.26 bits per heavy atom. The number of benzene rings is 1. The van der Waals surface area contributed by atoms with Gasteiger partial charge in [0.2, 0.25) is 11.6 Å². The number of H-pyrrole nitrogens is 1. The first kappa shape index (κ1) is 15.2. The summed E-state index contributed by atoms with van der Waals surface area (Å²) in [6, 6.07) is 9.21. The average molecular weight is 328 g/mol. The van der Waals surface area contributed by atoms with Crippen molar-refractivity contribution in [2.24, 2.45) is 0 Å². The Kier molecular flexibility index (Phi) is 4.12. The zero-order valence-electron chi connectivity index (χ0n) is 12.2. The SMILES string of the molecule is CCOC(=O)c1[nH]nc2c1C(=O)C(Sc1ccccc1)=CC2=O. The maximum atomic E-state index is 12.6. The number of nitrogens with one attached hydrogen (secondary N) is 1. The van der Waals surface area contributed by atoms with Crippen molar-refractivity contribution in [3.8, 4) is 0 Å². The Hall–Kier alpha value is -2.67. The monoisotopic (exact) mass is 328 g/mol. The summed E-state index contributed by atoms with van der Waals surface area (Å²) >= 11 is 1.17. The third-order valence-electron chi connectivity index (χ3n) is 3.16. The van der Waals surface area contributed by atoms with Crippen LogP contribution in [-0.4, -0.2) is 34.3 Å². The van der Waals surface area contributed by atoms with E-state index in [1.807, 2.05) is 30.3 Å². The van der Waals surface area contributed by atoms with Gasteiger partial charge in [0.15, 0.2) is 5.69 Å². The predicted molar refractivity (Wildman–Crippen MR) is 83.6 cm³/mol. The highest BCUT2D eigenvalue weighted by atomic mass is 32.2. The Balaban J connectivity index is 1.97. The van der Waals surface area contributed by atoms with Gasteiger partial charge in [0.05, 0.1) is 17.1 Å². The molecule has 2 aromatic rings. The number of Topliss-reactive ketones (excluding diaryl/α,β-unsaturated/α-hetero) is 1. The summed E-state index contributed by atoms with van der Waals surface area (Å²) in [7, 11) is 0. The van der Waals surface area contributed by atoms with E-state index in [1.165, 1.54) is 17.8 Å². The highest BCUT2D eigenvalue weighted by molar-refractivity contribution is 8.04. The second kappa shape index (κ2) is 6.21. The van der Waals surface area contributed by atoms with E-state index in [4.69, 9.17) is 4.74 Å².